The van der Waals surface area contributed by atoms with E-state index >= 15 is 0 Å². The molecule has 0 bridgehead atoms. The van der Waals surface area contributed by atoms with Crippen LogP contribution in [0.5, 0.6) is 0 Å². The summed E-state index contributed by atoms with van der Waals surface area (Å²) in [6.07, 6.45) is 3.85. The van der Waals surface area contributed by atoms with Crippen LogP contribution in [0.2, 0.25) is 0 Å². The molecule has 96 valence electrons. The fraction of sp³-hybridized carbons (Fsp3) is 0.455. The first kappa shape index (κ1) is 12.3. The molecule has 0 aliphatic heterocycles. The van der Waals surface area contributed by atoms with Crippen molar-refractivity contribution in [1.29, 1.82) is 0 Å². The van der Waals surface area contributed by atoms with Crippen LogP contribution < -0.4 is 10.6 Å². The second-order valence-corrected chi connectivity index (χ2v) is 4.15. The van der Waals surface area contributed by atoms with Gasteiger partial charge in [0.1, 0.15) is 0 Å². The van der Waals surface area contributed by atoms with Gasteiger partial charge in [-0.2, -0.15) is 0 Å². The molecule has 0 unspecified atom stereocenters. The van der Waals surface area contributed by atoms with E-state index in [0.29, 0.717) is 12.6 Å². The molecular formula is C11H14N4O3. The van der Waals surface area contributed by atoms with E-state index in [1.54, 1.807) is 0 Å². The summed E-state index contributed by atoms with van der Waals surface area (Å²) < 4.78 is 0. The summed E-state index contributed by atoms with van der Waals surface area (Å²) in [6, 6.07) is 3.21. The van der Waals surface area contributed by atoms with Gasteiger partial charge >= 0.3 is 5.69 Å². The first-order chi connectivity index (χ1) is 8.66. The van der Waals surface area contributed by atoms with Crippen LogP contribution in [0.1, 0.15) is 19.3 Å². The molecule has 1 aromatic rings. The average Bonchev–Trinajstić information content (AvgIpc) is 3.13. The Labute approximate surface area is 104 Å². The van der Waals surface area contributed by atoms with E-state index in [2.05, 4.69) is 15.6 Å². The summed E-state index contributed by atoms with van der Waals surface area (Å²) in [7, 11) is 0. The maximum Gasteiger partial charge on any atom is 0.311 e. The van der Waals surface area contributed by atoms with E-state index in [0.717, 1.165) is 12.8 Å². The number of anilines is 1. The van der Waals surface area contributed by atoms with Gasteiger partial charge in [-0.05, 0) is 18.9 Å². The number of rotatable bonds is 6. The van der Waals surface area contributed by atoms with Crippen molar-refractivity contribution in [2.24, 2.45) is 0 Å². The summed E-state index contributed by atoms with van der Waals surface area (Å²) in [5.74, 6) is 0.158. The van der Waals surface area contributed by atoms with Gasteiger partial charge in [0.25, 0.3) is 0 Å². The van der Waals surface area contributed by atoms with Crippen molar-refractivity contribution in [3.8, 4) is 0 Å². The molecule has 1 fully saturated rings. The number of amides is 1. The third-order valence-corrected chi connectivity index (χ3v) is 2.57. The number of carbonyl (C=O) groups is 1. The van der Waals surface area contributed by atoms with Gasteiger partial charge in [0, 0.05) is 31.3 Å². The number of hydrogen-bond donors (Lipinski definition) is 2. The average molecular weight is 250 g/mol. The van der Waals surface area contributed by atoms with E-state index in [1.165, 1.54) is 18.3 Å². The monoisotopic (exact) mass is 250 g/mol. The fourth-order valence-corrected chi connectivity index (χ4v) is 1.50. The number of aromatic nitrogens is 1. The number of hydrogen-bond acceptors (Lipinski definition) is 5. The van der Waals surface area contributed by atoms with Gasteiger partial charge in [0.15, 0.2) is 0 Å². The first-order valence-corrected chi connectivity index (χ1v) is 5.79. The smallest absolute Gasteiger partial charge is 0.311 e. The van der Waals surface area contributed by atoms with E-state index in [1.807, 2.05) is 0 Å². The van der Waals surface area contributed by atoms with E-state index in [4.69, 9.17) is 0 Å². The molecule has 7 heteroatoms. The van der Waals surface area contributed by atoms with Crippen LogP contribution in [-0.4, -0.2) is 28.4 Å². The van der Waals surface area contributed by atoms with Crippen molar-refractivity contribution in [2.45, 2.75) is 25.3 Å². The molecule has 1 aliphatic carbocycles. The largest absolute Gasteiger partial charge is 0.364 e. The lowest BCUT2D eigenvalue weighted by Gasteiger charge is -2.06. The Morgan fingerprint density at radius 3 is 3.00 bits per heavy atom. The zero-order valence-electron chi connectivity index (χ0n) is 9.76. The third-order valence-electron chi connectivity index (χ3n) is 2.57. The quantitative estimate of drug-likeness (QED) is 0.581. The Balaban J connectivity index is 1.82. The highest BCUT2D eigenvalue weighted by Gasteiger charge is 2.23. The van der Waals surface area contributed by atoms with E-state index in [-0.39, 0.29) is 23.8 Å². The minimum Gasteiger partial charge on any atom is -0.364 e. The lowest BCUT2D eigenvalue weighted by Crippen LogP contribution is -2.27. The molecule has 18 heavy (non-hydrogen) atoms. The van der Waals surface area contributed by atoms with Crippen LogP contribution in [0.15, 0.2) is 18.3 Å². The Kier molecular flexibility index (Phi) is 3.71. The minimum absolute atomic E-state index is 0.0383. The molecule has 1 heterocycles. The summed E-state index contributed by atoms with van der Waals surface area (Å²) >= 11 is 0. The molecule has 1 aliphatic rings. The summed E-state index contributed by atoms with van der Waals surface area (Å²) in [5.41, 5.74) is -0.0832. The zero-order valence-corrected chi connectivity index (χ0v) is 9.76. The van der Waals surface area contributed by atoms with Gasteiger partial charge in [-0.15, -0.1) is 0 Å². The summed E-state index contributed by atoms with van der Waals surface area (Å²) in [4.78, 5) is 25.5. The minimum atomic E-state index is -0.500. The summed E-state index contributed by atoms with van der Waals surface area (Å²) in [6.45, 7) is 0.330. The van der Waals surface area contributed by atoms with Crippen LogP contribution in [0, 0.1) is 10.1 Å². The molecule has 0 radical (unpaired) electrons. The van der Waals surface area contributed by atoms with Gasteiger partial charge in [-0.25, -0.2) is 4.98 Å². The van der Waals surface area contributed by atoms with Crippen molar-refractivity contribution in [2.75, 3.05) is 11.9 Å². The van der Waals surface area contributed by atoms with Gasteiger partial charge in [0.05, 0.1) is 4.92 Å². The molecule has 1 aromatic heterocycles. The fourth-order valence-electron chi connectivity index (χ4n) is 1.50. The van der Waals surface area contributed by atoms with E-state index < -0.39 is 4.92 Å². The lowest BCUT2D eigenvalue weighted by molar-refractivity contribution is -0.384. The molecule has 1 saturated carbocycles. The highest BCUT2D eigenvalue weighted by atomic mass is 16.6. The Bertz CT molecular complexity index is 459. The molecular weight excluding hydrogens is 236 g/mol. The highest BCUT2D eigenvalue weighted by Crippen LogP contribution is 2.20. The highest BCUT2D eigenvalue weighted by molar-refractivity contribution is 5.77. The van der Waals surface area contributed by atoms with Crippen molar-refractivity contribution < 1.29 is 9.72 Å². The predicted octanol–water partition coefficient (Wildman–Crippen LogP) is 1.07. The second-order valence-electron chi connectivity index (χ2n) is 4.15. The number of nitro groups is 1. The Morgan fingerprint density at radius 1 is 1.56 bits per heavy atom. The van der Waals surface area contributed by atoms with Crippen LogP contribution in [-0.2, 0) is 4.79 Å². The van der Waals surface area contributed by atoms with Crippen molar-refractivity contribution in [1.82, 2.24) is 10.3 Å². The Hall–Kier alpha value is -2.18. The predicted molar refractivity (Wildman–Crippen MR) is 65.2 cm³/mol. The number of pyridine rings is 1. The van der Waals surface area contributed by atoms with Gasteiger partial charge in [-0.1, -0.05) is 0 Å². The zero-order chi connectivity index (χ0) is 13.0. The Morgan fingerprint density at radius 2 is 2.33 bits per heavy atom. The molecule has 0 atom stereocenters. The van der Waals surface area contributed by atoms with Gasteiger partial charge in [-0.3, -0.25) is 14.9 Å². The van der Waals surface area contributed by atoms with Gasteiger partial charge < -0.3 is 10.6 Å². The van der Waals surface area contributed by atoms with Crippen LogP contribution in [0.25, 0.3) is 0 Å². The topological polar surface area (TPSA) is 97.2 Å². The maximum atomic E-state index is 11.4. The van der Waals surface area contributed by atoms with Crippen molar-refractivity contribution >= 4 is 17.4 Å². The number of carbonyl (C=O) groups excluding carboxylic acids is 1. The van der Waals surface area contributed by atoms with Crippen LogP contribution in [0.3, 0.4) is 0 Å². The third kappa shape index (κ3) is 3.41. The molecule has 7 nitrogen and oxygen atoms in total. The molecule has 1 amide bonds. The van der Waals surface area contributed by atoms with Gasteiger partial charge in [0.2, 0.25) is 11.7 Å². The van der Waals surface area contributed by atoms with E-state index in [9.17, 15) is 14.9 Å². The molecule has 2 N–H and O–H groups in total. The standard InChI is InChI=1S/C11H14N4O3/c16-10(14-8-3-4-8)5-7-13-11-9(15(17)18)2-1-6-12-11/h1-2,6,8H,3-5,7H2,(H,12,13)(H,14,16). The van der Waals surface area contributed by atoms with Crippen molar-refractivity contribution in [3.05, 3.63) is 28.4 Å². The maximum absolute atomic E-state index is 11.4. The van der Waals surface area contributed by atoms with Crippen LogP contribution in [0.4, 0.5) is 11.5 Å². The normalized spacial score (nSPS) is 14.0. The molecule has 2 rings (SSSR count). The lowest BCUT2D eigenvalue weighted by atomic mass is 10.3. The molecule has 0 aromatic carbocycles. The molecule has 0 saturated heterocycles. The number of nitrogens with one attached hydrogen (secondary N) is 2. The first-order valence-electron chi connectivity index (χ1n) is 5.79. The van der Waals surface area contributed by atoms with Crippen LogP contribution >= 0.6 is 0 Å². The summed E-state index contributed by atoms with van der Waals surface area (Å²) in [5, 5.41) is 16.4. The molecule has 0 spiro atoms. The second kappa shape index (κ2) is 5.44. The number of nitrogens with zero attached hydrogens (tertiary/aromatic N) is 2. The van der Waals surface area contributed by atoms with Crippen molar-refractivity contribution in [3.63, 3.8) is 0 Å². The SMILES string of the molecule is O=C(CCNc1ncccc1[N+](=O)[O-])NC1CC1.